The summed E-state index contributed by atoms with van der Waals surface area (Å²) < 4.78 is 9.62. The fourth-order valence-corrected chi connectivity index (χ4v) is 1.39. The van der Waals surface area contributed by atoms with E-state index in [0.29, 0.717) is 5.75 Å². The number of hydrogen-bond donors (Lipinski definition) is 1. The Kier molecular flexibility index (Phi) is 5.96. The minimum absolute atomic E-state index is 0.213. The molecule has 0 unspecified atom stereocenters. The van der Waals surface area contributed by atoms with Crippen molar-refractivity contribution in [3.63, 3.8) is 0 Å². The first-order valence-corrected chi connectivity index (χ1v) is 5.91. The van der Waals surface area contributed by atoms with Crippen LogP contribution < -0.4 is 10.1 Å². The first-order valence-electron chi connectivity index (χ1n) is 5.91. The van der Waals surface area contributed by atoms with E-state index in [2.05, 4.69) is 10.1 Å². The van der Waals surface area contributed by atoms with Gasteiger partial charge < -0.3 is 9.47 Å². The Morgan fingerprint density at radius 1 is 1.20 bits per heavy atom. The normalized spacial score (nSPS) is 10.1. The first-order chi connectivity index (χ1) is 9.58. The zero-order valence-corrected chi connectivity index (χ0v) is 11.2. The van der Waals surface area contributed by atoms with E-state index in [1.165, 1.54) is 13.2 Å². The number of carbonyl (C=O) groups excluding carboxylic acids is 3. The molecule has 2 amide bonds. The number of nitrogens with one attached hydrogen (secondary N) is 1. The number of imide groups is 1. The summed E-state index contributed by atoms with van der Waals surface area (Å²) in [6.45, 7) is 1.86. The molecule has 0 saturated carbocycles. The molecule has 1 N–H and O–H groups in total. The van der Waals surface area contributed by atoms with Crippen LogP contribution in [0.3, 0.4) is 0 Å². The standard InChI is InChI=1S/C14H15NO5/c1-3-20-13(17)9-8-12(16)15-14(18)10-6-4-5-7-11(10)19-2/h4-9H,3H2,1-2H3,(H,15,16,18)/b9-8+. The summed E-state index contributed by atoms with van der Waals surface area (Å²) in [5.74, 6) is -1.62. The minimum atomic E-state index is -0.714. The van der Waals surface area contributed by atoms with Crippen LogP contribution in [0, 0.1) is 0 Å². The number of amides is 2. The quantitative estimate of drug-likeness (QED) is 0.643. The summed E-state index contributed by atoms with van der Waals surface area (Å²) in [7, 11) is 1.43. The number of benzene rings is 1. The van der Waals surface area contributed by atoms with Crippen LogP contribution in [0.15, 0.2) is 36.4 Å². The molecule has 6 heteroatoms. The number of hydrogen-bond acceptors (Lipinski definition) is 5. The van der Waals surface area contributed by atoms with Gasteiger partial charge in [-0.2, -0.15) is 0 Å². The van der Waals surface area contributed by atoms with Gasteiger partial charge in [0.05, 0.1) is 19.3 Å². The Morgan fingerprint density at radius 2 is 1.90 bits per heavy atom. The third kappa shape index (κ3) is 4.56. The van der Waals surface area contributed by atoms with Crippen LogP contribution in [0.4, 0.5) is 0 Å². The van der Waals surface area contributed by atoms with Crippen molar-refractivity contribution >= 4 is 17.8 Å². The number of esters is 1. The highest BCUT2D eigenvalue weighted by Gasteiger charge is 2.13. The number of ether oxygens (including phenoxy) is 2. The van der Waals surface area contributed by atoms with Crippen molar-refractivity contribution in [1.82, 2.24) is 5.32 Å². The molecule has 6 nitrogen and oxygen atoms in total. The predicted octanol–water partition coefficient (Wildman–Crippen LogP) is 1.07. The highest BCUT2D eigenvalue weighted by atomic mass is 16.5. The van der Waals surface area contributed by atoms with E-state index >= 15 is 0 Å². The van der Waals surface area contributed by atoms with Crippen LogP contribution in [0.2, 0.25) is 0 Å². The molecule has 0 aromatic heterocycles. The summed E-state index contributed by atoms with van der Waals surface area (Å²) in [5, 5.41) is 2.12. The van der Waals surface area contributed by atoms with Gasteiger partial charge in [-0.25, -0.2) is 4.79 Å². The number of rotatable bonds is 5. The highest BCUT2D eigenvalue weighted by Crippen LogP contribution is 2.16. The average molecular weight is 277 g/mol. The largest absolute Gasteiger partial charge is 0.496 e. The lowest BCUT2D eigenvalue weighted by atomic mass is 10.2. The van der Waals surface area contributed by atoms with Crippen molar-refractivity contribution in [2.45, 2.75) is 6.92 Å². The Morgan fingerprint density at radius 3 is 2.55 bits per heavy atom. The lowest BCUT2D eigenvalue weighted by Gasteiger charge is -2.06. The van der Waals surface area contributed by atoms with Gasteiger partial charge in [-0.05, 0) is 19.1 Å². The second-order valence-corrected chi connectivity index (χ2v) is 3.60. The predicted molar refractivity (Wildman–Crippen MR) is 71.2 cm³/mol. The smallest absolute Gasteiger partial charge is 0.330 e. The van der Waals surface area contributed by atoms with E-state index in [9.17, 15) is 14.4 Å². The monoisotopic (exact) mass is 277 g/mol. The van der Waals surface area contributed by atoms with Gasteiger partial charge >= 0.3 is 5.97 Å². The lowest BCUT2D eigenvalue weighted by Crippen LogP contribution is -2.29. The molecular formula is C14H15NO5. The van der Waals surface area contributed by atoms with Crippen LogP contribution in [-0.4, -0.2) is 31.5 Å². The third-order valence-corrected chi connectivity index (χ3v) is 2.25. The van der Waals surface area contributed by atoms with E-state index in [1.54, 1.807) is 25.1 Å². The molecule has 0 bridgehead atoms. The van der Waals surface area contributed by atoms with Crippen molar-refractivity contribution in [2.75, 3.05) is 13.7 Å². The van der Waals surface area contributed by atoms with Crippen LogP contribution in [0.1, 0.15) is 17.3 Å². The van der Waals surface area contributed by atoms with E-state index < -0.39 is 17.8 Å². The van der Waals surface area contributed by atoms with Crippen LogP contribution in [0.25, 0.3) is 0 Å². The molecule has 0 aliphatic heterocycles. The molecule has 0 aliphatic carbocycles. The maximum absolute atomic E-state index is 11.8. The molecule has 1 rings (SSSR count). The van der Waals surface area contributed by atoms with Crippen molar-refractivity contribution in [2.24, 2.45) is 0 Å². The van der Waals surface area contributed by atoms with Gasteiger partial charge in [0.15, 0.2) is 0 Å². The van der Waals surface area contributed by atoms with Crippen LogP contribution in [-0.2, 0) is 14.3 Å². The van der Waals surface area contributed by atoms with Crippen LogP contribution >= 0.6 is 0 Å². The molecular weight excluding hydrogens is 262 g/mol. The number of para-hydroxylation sites is 1. The van der Waals surface area contributed by atoms with E-state index in [0.717, 1.165) is 12.2 Å². The van der Waals surface area contributed by atoms with Crippen molar-refractivity contribution in [3.8, 4) is 5.75 Å². The van der Waals surface area contributed by atoms with E-state index in [4.69, 9.17) is 4.74 Å². The average Bonchev–Trinajstić information content (AvgIpc) is 2.45. The molecule has 20 heavy (non-hydrogen) atoms. The molecule has 0 atom stereocenters. The summed E-state index contributed by atoms with van der Waals surface area (Å²) in [4.78, 5) is 34.3. The Bertz CT molecular complexity index is 536. The van der Waals surface area contributed by atoms with Crippen molar-refractivity contribution < 1.29 is 23.9 Å². The Hall–Kier alpha value is -2.63. The van der Waals surface area contributed by atoms with Crippen molar-refractivity contribution in [3.05, 3.63) is 42.0 Å². The van der Waals surface area contributed by atoms with Gasteiger partial charge in [0.25, 0.3) is 11.8 Å². The maximum Gasteiger partial charge on any atom is 0.330 e. The molecule has 1 aromatic rings. The minimum Gasteiger partial charge on any atom is -0.496 e. The van der Waals surface area contributed by atoms with Crippen LogP contribution in [0.5, 0.6) is 5.75 Å². The number of methoxy groups -OCH3 is 1. The zero-order chi connectivity index (χ0) is 15.0. The molecule has 106 valence electrons. The SMILES string of the molecule is CCOC(=O)/C=C/C(=O)NC(=O)c1ccccc1OC. The van der Waals surface area contributed by atoms with Crippen molar-refractivity contribution in [1.29, 1.82) is 0 Å². The van der Waals surface area contributed by atoms with Gasteiger partial charge in [-0.15, -0.1) is 0 Å². The Labute approximate surface area is 116 Å². The van der Waals surface area contributed by atoms with Gasteiger partial charge in [0.2, 0.25) is 0 Å². The first kappa shape index (κ1) is 15.4. The Balaban J connectivity index is 2.66. The second kappa shape index (κ2) is 7.73. The maximum atomic E-state index is 11.8. The van der Waals surface area contributed by atoms with Gasteiger partial charge in [0.1, 0.15) is 5.75 Å². The van der Waals surface area contributed by atoms with Gasteiger partial charge in [-0.1, -0.05) is 12.1 Å². The van der Waals surface area contributed by atoms with Gasteiger partial charge in [-0.3, -0.25) is 14.9 Å². The molecule has 0 fully saturated rings. The molecule has 0 saturated heterocycles. The van der Waals surface area contributed by atoms with E-state index in [-0.39, 0.29) is 12.2 Å². The number of carbonyl (C=O) groups is 3. The zero-order valence-electron chi connectivity index (χ0n) is 11.2. The second-order valence-electron chi connectivity index (χ2n) is 3.60. The molecule has 0 radical (unpaired) electrons. The van der Waals surface area contributed by atoms with E-state index in [1.807, 2.05) is 0 Å². The highest BCUT2D eigenvalue weighted by molar-refractivity contribution is 6.10. The molecule has 0 heterocycles. The molecule has 0 spiro atoms. The summed E-state index contributed by atoms with van der Waals surface area (Å²) in [6.07, 6.45) is 1.89. The topological polar surface area (TPSA) is 81.7 Å². The molecule has 1 aromatic carbocycles. The lowest BCUT2D eigenvalue weighted by molar-refractivity contribution is -0.137. The fourth-order valence-electron chi connectivity index (χ4n) is 1.39. The summed E-state index contributed by atoms with van der Waals surface area (Å²) >= 11 is 0. The third-order valence-electron chi connectivity index (χ3n) is 2.25. The summed E-state index contributed by atoms with van der Waals surface area (Å²) in [6, 6.07) is 6.48. The van der Waals surface area contributed by atoms with Gasteiger partial charge in [0, 0.05) is 12.2 Å². The molecule has 0 aliphatic rings. The summed E-state index contributed by atoms with van der Waals surface area (Å²) in [5.41, 5.74) is 0.230. The fraction of sp³-hybridized carbons (Fsp3) is 0.214.